The summed E-state index contributed by atoms with van der Waals surface area (Å²) in [6, 6.07) is 19.3. The lowest BCUT2D eigenvalue weighted by Gasteiger charge is -2.15. The molecule has 3 rings (SSSR count). The lowest BCUT2D eigenvalue weighted by molar-refractivity contribution is 0.562. The number of benzene rings is 2. The molecule has 96 valence electrons. The first-order valence-corrected chi connectivity index (χ1v) is 7.22. The standard InChI is InChI=1S/C16H16N2S/c17-18-15(16-9-4-10-19-16)11-13-7-3-6-12-5-1-2-8-14(12)13/h1-10,15,18H,11,17H2. The normalized spacial score (nSPS) is 12.7. The van der Waals surface area contributed by atoms with Gasteiger partial charge in [-0.3, -0.25) is 11.3 Å². The van der Waals surface area contributed by atoms with Gasteiger partial charge in [0, 0.05) is 4.88 Å². The highest BCUT2D eigenvalue weighted by atomic mass is 32.1. The van der Waals surface area contributed by atoms with Gasteiger partial charge in [-0.1, -0.05) is 48.5 Å². The summed E-state index contributed by atoms with van der Waals surface area (Å²) < 4.78 is 0. The van der Waals surface area contributed by atoms with E-state index in [0.29, 0.717) is 0 Å². The van der Waals surface area contributed by atoms with E-state index in [2.05, 4.69) is 65.4 Å². The van der Waals surface area contributed by atoms with Gasteiger partial charge in [-0.05, 0) is 34.2 Å². The highest BCUT2D eigenvalue weighted by molar-refractivity contribution is 7.10. The van der Waals surface area contributed by atoms with Crippen LogP contribution in [0.2, 0.25) is 0 Å². The Labute approximate surface area is 116 Å². The molecule has 0 radical (unpaired) electrons. The molecular weight excluding hydrogens is 252 g/mol. The number of nitrogens with one attached hydrogen (secondary N) is 1. The molecule has 2 aromatic carbocycles. The molecule has 2 nitrogen and oxygen atoms in total. The third-order valence-corrected chi connectivity index (χ3v) is 4.38. The van der Waals surface area contributed by atoms with Gasteiger partial charge in [-0.2, -0.15) is 0 Å². The SMILES string of the molecule is NNC(Cc1cccc2ccccc12)c1cccs1. The van der Waals surface area contributed by atoms with Crippen molar-refractivity contribution in [3.05, 3.63) is 70.4 Å². The Hall–Kier alpha value is -1.68. The van der Waals surface area contributed by atoms with Gasteiger partial charge in [-0.15, -0.1) is 11.3 Å². The average Bonchev–Trinajstić information content (AvgIpc) is 2.99. The van der Waals surface area contributed by atoms with Crippen LogP contribution < -0.4 is 11.3 Å². The number of hydrogen-bond donors (Lipinski definition) is 2. The summed E-state index contributed by atoms with van der Waals surface area (Å²) in [4.78, 5) is 1.27. The number of hydrazine groups is 1. The summed E-state index contributed by atoms with van der Waals surface area (Å²) in [6.07, 6.45) is 0.901. The van der Waals surface area contributed by atoms with E-state index in [4.69, 9.17) is 5.84 Å². The van der Waals surface area contributed by atoms with Gasteiger partial charge in [0.05, 0.1) is 6.04 Å². The molecule has 0 saturated heterocycles. The van der Waals surface area contributed by atoms with E-state index < -0.39 is 0 Å². The summed E-state index contributed by atoms with van der Waals surface area (Å²) in [5, 5.41) is 4.67. The van der Waals surface area contributed by atoms with Crippen molar-refractivity contribution in [2.24, 2.45) is 5.84 Å². The molecule has 0 saturated carbocycles. The Bertz CT molecular complexity index is 656. The maximum atomic E-state index is 5.71. The van der Waals surface area contributed by atoms with Crippen molar-refractivity contribution < 1.29 is 0 Å². The van der Waals surface area contributed by atoms with Gasteiger partial charge >= 0.3 is 0 Å². The lowest BCUT2D eigenvalue weighted by atomic mass is 9.98. The van der Waals surface area contributed by atoms with Crippen LogP contribution in [0.5, 0.6) is 0 Å². The molecule has 0 bridgehead atoms. The molecule has 0 spiro atoms. The second-order valence-corrected chi connectivity index (χ2v) is 5.56. The van der Waals surface area contributed by atoms with Crippen LogP contribution in [0.15, 0.2) is 60.0 Å². The number of fused-ring (bicyclic) bond motifs is 1. The molecule has 1 unspecified atom stereocenters. The second-order valence-electron chi connectivity index (χ2n) is 4.58. The minimum Gasteiger partial charge on any atom is -0.271 e. The number of nitrogens with two attached hydrogens (primary N) is 1. The van der Waals surface area contributed by atoms with Gasteiger partial charge in [0.15, 0.2) is 0 Å². The van der Waals surface area contributed by atoms with E-state index in [9.17, 15) is 0 Å². The van der Waals surface area contributed by atoms with Crippen LogP contribution in [0.25, 0.3) is 10.8 Å². The number of thiophene rings is 1. The van der Waals surface area contributed by atoms with Crippen molar-refractivity contribution in [2.75, 3.05) is 0 Å². The maximum absolute atomic E-state index is 5.71. The van der Waals surface area contributed by atoms with Crippen molar-refractivity contribution in [1.82, 2.24) is 5.43 Å². The molecule has 19 heavy (non-hydrogen) atoms. The van der Waals surface area contributed by atoms with Gasteiger partial charge < -0.3 is 0 Å². The monoisotopic (exact) mass is 268 g/mol. The zero-order valence-corrected chi connectivity index (χ0v) is 11.4. The van der Waals surface area contributed by atoms with Crippen molar-refractivity contribution in [1.29, 1.82) is 0 Å². The van der Waals surface area contributed by atoms with Crippen LogP contribution in [0.4, 0.5) is 0 Å². The zero-order valence-electron chi connectivity index (χ0n) is 10.5. The predicted molar refractivity (Wildman–Crippen MR) is 82.0 cm³/mol. The maximum Gasteiger partial charge on any atom is 0.0593 e. The first-order chi connectivity index (χ1) is 9.38. The molecule has 3 N–H and O–H groups in total. The third kappa shape index (κ3) is 2.54. The van der Waals surface area contributed by atoms with E-state index in [0.717, 1.165) is 6.42 Å². The average molecular weight is 268 g/mol. The van der Waals surface area contributed by atoms with Crippen molar-refractivity contribution >= 4 is 22.1 Å². The van der Waals surface area contributed by atoms with Gasteiger partial charge in [0.2, 0.25) is 0 Å². The lowest BCUT2D eigenvalue weighted by Crippen LogP contribution is -2.29. The molecule has 0 aliphatic carbocycles. The Morgan fingerprint density at radius 2 is 1.84 bits per heavy atom. The fourth-order valence-electron chi connectivity index (χ4n) is 2.42. The highest BCUT2D eigenvalue weighted by Crippen LogP contribution is 2.26. The van der Waals surface area contributed by atoms with E-state index in [1.54, 1.807) is 11.3 Å². The van der Waals surface area contributed by atoms with Crippen LogP contribution >= 0.6 is 11.3 Å². The van der Waals surface area contributed by atoms with E-state index in [1.165, 1.54) is 21.2 Å². The smallest absolute Gasteiger partial charge is 0.0593 e. The van der Waals surface area contributed by atoms with Crippen LogP contribution in [0.1, 0.15) is 16.5 Å². The van der Waals surface area contributed by atoms with Crippen molar-refractivity contribution in [2.45, 2.75) is 12.5 Å². The first kappa shape index (κ1) is 12.4. The summed E-state index contributed by atoms with van der Waals surface area (Å²) >= 11 is 1.74. The van der Waals surface area contributed by atoms with Crippen molar-refractivity contribution in [3.8, 4) is 0 Å². The van der Waals surface area contributed by atoms with Gasteiger partial charge in [0.25, 0.3) is 0 Å². The Morgan fingerprint density at radius 3 is 2.63 bits per heavy atom. The van der Waals surface area contributed by atoms with Crippen LogP contribution in [0.3, 0.4) is 0 Å². The van der Waals surface area contributed by atoms with E-state index in [-0.39, 0.29) is 6.04 Å². The predicted octanol–water partition coefficient (Wildman–Crippen LogP) is 3.65. The summed E-state index contributed by atoms with van der Waals surface area (Å²) in [6.45, 7) is 0. The molecule has 1 heterocycles. The van der Waals surface area contributed by atoms with E-state index in [1.807, 2.05) is 0 Å². The van der Waals surface area contributed by atoms with E-state index >= 15 is 0 Å². The molecule has 0 aliphatic rings. The summed E-state index contributed by atoms with van der Waals surface area (Å²) in [5.74, 6) is 5.71. The molecular formula is C16H16N2S. The Kier molecular flexibility index (Phi) is 3.60. The minimum absolute atomic E-state index is 0.172. The topological polar surface area (TPSA) is 38.0 Å². The summed E-state index contributed by atoms with van der Waals surface area (Å²) in [5.41, 5.74) is 4.26. The third-order valence-electron chi connectivity index (χ3n) is 3.39. The molecule has 0 fully saturated rings. The largest absolute Gasteiger partial charge is 0.271 e. The fraction of sp³-hybridized carbons (Fsp3) is 0.125. The highest BCUT2D eigenvalue weighted by Gasteiger charge is 2.12. The second kappa shape index (κ2) is 5.53. The van der Waals surface area contributed by atoms with Gasteiger partial charge in [-0.25, -0.2) is 0 Å². The fourth-order valence-corrected chi connectivity index (χ4v) is 3.21. The zero-order chi connectivity index (χ0) is 13.1. The minimum atomic E-state index is 0.172. The summed E-state index contributed by atoms with van der Waals surface area (Å²) in [7, 11) is 0. The first-order valence-electron chi connectivity index (χ1n) is 6.34. The molecule has 1 atom stereocenters. The molecule has 1 aromatic heterocycles. The Morgan fingerprint density at radius 1 is 1.00 bits per heavy atom. The van der Waals surface area contributed by atoms with Crippen LogP contribution in [-0.4, -0.2) is 0 Å². The molecule has 0 amide bonds. The van der Waals surface area contributed by atoms with Crippen LogP contribution in [-0.2, 0) is 6.42 Å². The van der Waals surface area contributed by atoms with Crippen LogP contribution in [0, 0.1) is 0 Å². The molecule has 0 aliphatic heterocycles. The quantitative estimate of drug-likeness (QED) is 0.560. The molecule has 3 heteroatoms. The van der Waals surface area contributed by atoms with Gasteiger partial charge in [0.1, 0.15) is 0 Å². The van der Waals surface area contributed by atoms with Crippen molar-refractivity contribution in [3.63, 3.8) is 0 Å². The number of rotatable bonds is 4. The number of hydrogen-bond acceptors (Lipinski definition) is 3. The Balaban J connectivity index is 1.96. The molecule has 3 aromatic rings.